The molecule has 15 nitrogen and oxygen atoms in total. The van der Waals surface area contributed by atoms with Crippen molar-refractivity contribution < 1.29 is 33.4 Å². The molecule has 20 heteroatoms. The molecule has 2 N–H and O–H groups in total. The number of likely N-dealkylation sites (tertiary alicyclic amines) is 1. The Morgan fingerprint density at radius 3 is 2.36 bits per heavy atom. The molecule has 0 unspecified atom stereocenters. The average Bonchev–Trinajstić information content (AvgIpc) is 3.95. The highest BCUT2D eigenvalue weighted by molar-refractivity contribution is 7.60. The maximum Gasteiger partial charge on any atom is 0.324 e. The Hall–Kier alpha value is -4.33. The number of carbonyl (C=O) groups excluding carboxylic acids is 5. The summed E-state index contributed by atoms with van der Waals surface area (Å²) in [5, 5.41) is 5.59. The molecular formula is C54H80N8O7S5. The number of fused-ring (bicyclic) bond motifs is 6. The highest BCUT2D eigenvalue weighted by Gasteiger charge is 2.40. The van der Waals surface area contributed by atoms with Crippen molar-refractivity contribution in [1.82, 2.24) is 40.0 Å². The van der Waals surface area contributed by atoms with Gasteiger partial charge in [0.1, 0.15) is 18.1 Å². The van der Waals surface area contributed by atoms with E-state index in [4.69, 9.17) is 9.47 Å². The van der Waals surface area contributed by atoms with Crippen molar-refractivity contribution in [3.63, 3.8) is 0 Å². The molecule has 2 saturated heterocycles. The first kappa shape index (κ1) is 65.8. The molecular weight excluding hydrogens is 1030 g/mol. The van der Waals surface area contributed by atoms with Crippen LogP contribution >= 0.6 is 67.5 Å². The number of hydrogen-bond donors (Lipinski definition) is 2. The van der Waals surface area contributed by atoms with Crippen LogP contribution in [0.15, 0.2) is 60.9 Å². The maximum atomic E-state index is 14.8. The van der Waals surface area contributed by atoms with Crippen LogP contribution in [0.5, 0.6) is 0 Å². The number of nitrogens with one attached hydrogen (secondary N) is 2. The van der Waals surface area contributed by atoms with Crippen molar-refractivity contribution in [1.29, 1.82) is 0 Å². The number of aromatic nitrogens is 2. The molecule has 0 aliphatic carbocycles. The largest absolute Gasteiger partial charge is 0.464 e. The summed E-state index contributed by atoms with van der Waals surface area (Å²) >= 11 is 0. The Kier molecular flexibility index (Phi) is 25.5. The average molecular weight is 1110 g/mol. The van der Waals surface area contributed by atoms with Gasteiger partial charge in [-0.05, 0) is 111 Å². The van der Waals surface area contributed by atoms with Gasteiger partial charge in [0.2, 0.25) is 11.8 Å². The van der Waals surface area contributed by atoms with Gasteiger partial charge in [0.05, 0.1) is 30.9 Å². The fraction of sp³-hybridized carbons (Fsp3) is 0.519. The van der Waals surface area contributed by atoms with E-state index in [0.717, 1.165) is 50.0 Å². The number of benzene rings is 2. The predicted octanol–water partition coefficient (Wildman–Crippen LogP) is 6.21. The Labute approximate surface area is 473 Å². The van der Waals surface area contributed by atoms with Crippen molar-refractivity contribution in [2.75, 3.05) is 61.0 Å². The third kappa shape index (κ3) is 15.0. The van der Waals surface area contributed by atoms with Crippen LogP contribution in [-0.2, 0) is 52.8 Å². The molecule has 4 amide bonds. The summed E-state index contributed by atoms with van der Waals surface area (Å²) in [6, 6.07) is 13.8. The molecule has 2 fully saturated rings. The highest BCUT2D eigenvalue weighted by atomic mass is 32.1. The third-order valence-corrected chi connectivity index (χ3v) is 13.8. The van der Waals surface area contributed by atoms with Gasteiger partial charge in [0.15, 0.2) is 0 Å². The summed E-state index contributed by atoms with van der Waals surface area (Å²) in [5.74, 6) is 2.82. The Morgan fingerprint density at radius 1 is 0.973 bits per heavy atom. The van der Waals surface area contributed by atoms with Crippen molar-refractivity contribution in [3.8, 4) is 34.2 Å². The van der Waals surface area contributed by atoms with Gasteiger partial charge in [0.25, 0.3) is 11.8 Å². The van der Waals surface area contributed by atoms with Crippen LogP contribution in [0, 0.1) is 29.1 Å². The van der Waals surface area contributed by atoms with Crippen LogP contribution in [-0.4, -0.2) is 138 Å². The van der Waals surface area contributed by atoms with Gasteiger partial charge in [-0.1, -0.05) is 63.9 Å². The Bertz CT molecular complexity index is 2650. The van der Waals surface area contributed by atoms with Gasteiger partial charge < -0.3 is 29.2 Å². The smallest absolute Gasteiger partial charge is 0.324 e. The first-order chi connectivity index (χ1) is 32.9. The van der Waals surface area contributed by atoms with E-state index in [-0.39, 0.29) is 111 Å². The van der Waals surface area contributed by atoms with Crippen molar-refractivity contribution in [3.05, 3.63) is 77.6 Å². The SMILES string of the molecule is CCn1c(-c2cnccc2[C@H](C)OC)c2c3cc(ccc31)-c1cccc(c1)C[C@H](NC(=O)[C@H](C(C)C)N(C)C(=O)[C@H]1CCN(C(=O)C#CCN(C)C)C1)C(=O)N1CCC[C@H](N1)C(=O)OCC(C)(C)C2.S.S.S.S.S. The molecule has 5 heterocycles. The lowest BCUT2D eigenvalue weighted by Gasteiger charge is -2.37. The third-order valence-electron chi connectivity index (χ3n) is 13.8. The molecule has 2 aromatic heterocycles. The molecule has 2 aromatic carbocycles. The number of hydrazine groups is 1. The first-order valence-corrected chi connectivity index (χ1v) is 24.4. The van der Waals surface area contributed by atoms with Crippen LogP contribution in [0.3, 0.4) is 0 Å². The summed E-state index contributed by atoms with van der Waals surface area (Å²) < 4.78 is 14.3. The molecule has 7 rings (SSSR count). The summed E-state index contributed by atoms with van der Waals surface area (Å²) in [5.41, 5.74) is 10.6. The van der Waals surface area contributed by atoms with E-state index >= 15 is 0 Å². The molecule has 74 heavy (non-hydrogen) atoms. The van der Waals surface area contributed by atoms with E-state index in [1.165, 1.54) is 9.91 Å². The van der Waals surface area contributed by atoms with E-state index in [1.54, 1.807) is 25.3 Å². The standard InChI is InChI=1S/C54H70N8O7.5H2S/c1-11-61-46-20-19-38-29-41(46)42(49(61)43-31-55-23-21-40(43)35(4)68-10)30-54(5,6)33-69-53(67)44-17-13-25-62(57-44)52(66)45(28-36-15-12-16-37(38)27-36)56-50(64)48(34(2)3)59(9)51(65)39-22-26-60(32-39)47(63)18-14-24-58(7)8;;;;;/h12,15-16,19-21,23,27,29,31,34-35,39,44-45,48,57H,11,13,17,22,24-26,28,30,32-33H2,1-10H3,(H,56,64);5*1H2/t35-,39-,44-,45-,48-;;;;;/m0...../s1. The first-order valence-electron chi connectivity index (χ1n) is 24.4. The van der Waals surface area contributed by atoms with E-state index in [2.05, 4.69) is 83.2 Å². The molecule has 408 valence electrons. The summed E-state index contributed by atoms with van der Waals surface area (Å²) in [6.07, 6.45) is 5.72. The second-order valence-electron chi connectivity index (χ2n) is 20.3. The monoisotopic (exact) mass is 1110 g/mol. The van der Waals surface area contributed by atoms with Gasteiger partial charge in [-0.3, -0.25) is 38.9 Å². The van der Waals surface area contributed by atoms with Crippen molar-refractivity contribution >= 4 is 108 Å². The predicted molar refractivity (Wildman–Crippen MR) is 318 cm³/mol. The van der Waals surface area contributed by atoms with Crippen LogP contribution in [0.1, 0.15) is 83.6 Å². The molecule has 0 spiro atoms. The van der Waals surface area contributed by atoms with Crippen LogP contribution in [0.2, 0.25) is 0 Å². The number of amides is 4. The van der Waals surface area contributed by atoms with Gasteiger partial charge in [-0.25, -0.2) is 5.43 Å². The molecule has 3 aliphatic rings. The van der Waals surface area contributed by atoms with Crippen molar-refractivity contribution in [2.24, 2.45) is 17.3 Å². The lowest BCUT2D eigenvalue weighted by molar-refractivity contribution is -0.155. The number of pyridine rings is 1. The van der Waals surface area contributed by atoms with E-state index in [9.17, 15) is 24.0 Å². The zero-order valence-corrected chi connectivity index (χ0v) is 49.6. The number of cyclic esters (lactones) is 1. The number of methoxy groups -OCH3 is 1. The Morgan fingerprint density at radius 2 is 1.69 bits per heavy atom. The maximum absolute atomic E-state index is 14.8. The summed E-state index contributed by atoms with van der Waals surface area (Å²) in [7, 11) is 7.07. The van der Waals surface area contributed by atoms with Crippen LogP contribution in [0.25, 0.3) is 33.3 Å². The fourth-order valence-corrected chi connectivity index (χ4v) is 10.1. The molecule has 0 radical (unpaired) electrons. The van der Waals surface area contributed by atoms with Crippen molar-refractivity contribution in [2.45, 2.75) is 104 Å². The number of nitrogens with zero attached hydrogens (tertiary/aromatic N) is 6. The lowest BCUT2D eigenvalue weighted by atomic mass is 9.84. The molecule has 6 bridgehead atoms. The molecule has 4 aromatic rings. The van der Waals surface area contributed by atoms with Crippen LogP contribution < -0.4 is 10.7 Å². The molecule has 0 saturated carbocycles. The molecule has 3 aliphatic heterocycles. The second kappa shape index (κ2) is 28.7. The fourth-order valence-electron chi connectivity index (χ4n) is 10.1. The number of likely N-dealkylation sites (N-methyl/N-ethyl adjacent to an activating group) is 1. The summed E-state index contributed by atoms with van der Waals surface area (Å²) in [4.78, 5) is 79.8. The zero-order valence-electron chi connectivity index (χ0n) is 44.6. The number of esters is 1. The number of rotatable bonds is 10. The van der Waals surface area contributed by atoms with Crippen LogP contribution in [0.4, 0.5) is 0 Å². The number of carbonyl (C=O) groups is 5. The highest BCUT2D eigenvalue weighted by Crippen LogP contribution is 2.42. The van der Waals surface area contributed by atoms with E-state index in [1.807, 2.05) is 64.2 Å². The minimum absolute atomic E-state index is 0. The van der Waals surface area contributed by atoms with E-state index < -0.39 is 47.2 Å². The zero-order chi connectivity index (χ0) is 49.7. The number of ether oxygens (including phenoxy) is 2. The lowest BCUT2D eigenvalue weighted by Crippen LogP contribution is -2.62. The summed E-state index contributed by atoms with van der Waals surface area (Å²) in [6.45, 7) is 14.3. The number of hydrogen-bond acceptors (Lipinski definition) is 10. The quantitative estimate of drug-likeness (QED) is 0.138. The topological polar surface area (TPSA) is 159 Å². The van der Waals surface area contributed by atoms with E-state index in [0.29, 0.717) is 51.9 Å². The van der Waals surface area contributed by atoms with Gasteiger partial charge in [0, 0.05) is 81.0 Å². The second-order valence-corrected chi connectivity index (χ2v) is 20.3. The minimum Gasteiger partial charge on any atom is -0.464 e. The van der Waals surface area contributed by atoms with Gasteiger partial charge in [-0.15, -0.1) is 0 Å². The molecule has 5 atom stereocenters. The normalized spacial score (nSPS) is 19.1. The van der Waals surface area contributed by atoms with Gasteiger partial charge in [-0.2, -0.15) is 67.5 Å². The Balaban J connectivity index is 0.00000375. The van der Waals surface area contributed by atoms with Gasteiger partial charge >= 0.3 is 5.97 Å². The number of aryl methyl sites for hydroxylation is 1. The minimum atomic E-state index is -1.06.